The van der Waals surface area contributed by atoms with Gasteiger partial charge in [-0.05, 0) is 30.9 Å². The first-order valence-electron chi connectivity index (χ1n) is 9.53. The largest absolute Gasteiger partial charge is 0.360 e. The molecular weight excluding hydrogens is 338 g/mol. The molecule has 138 valence electrons. The number of aromatic nitrogens is 3. The Labute approximate surface area is 158 Å². The summed E-state index contributed by atoms with van der Waals surface area (Å²) in [6.45, 7) is 7.14. The fourth-order valence-corrected chi connectivity index (χ4v) is 4.37. The van der Waals surface area contributed by atoms with Crippen LogP contribution in [-0.2, 0) is 6.54 Å². The molecule has 0 spiro atoms. The second-order valence-corrected chi connectivity index (χ2v) is 7.70. The number of hydrogen-bond donors (Lipinski definition) is 0. The van der Waals surface area contributed by atoms with E-state index in [0.29, 0.717) is 11.8 Å². The molecule has 2 atom stereocenters. The fourth-order valence-electron chi connectivity index (χ4n) is 4.37. The smallest absolute Gasteiger partial charge is 0.151 e. The van der Waals surface area contributed by atoms with Gasteiger partial charge in [-0.25, -0.2) is 0 Å². The van der Waals surface area contributed by atoms with E-state index < -0.39 is 0 Å². The molecule has 2 aromatic heterocycles. The molecule has 6 nitrogen and oxygen atoms in total. The second kappa shape index (κ2) is 6.78. The zero-order valence-electron chi connectivity index (χ0n) is 15.5. The molecule has 0 aliphatic carbocycles. The highest BCUT2D eigenvalue weighted by molar-refractivity contribution is 5.59. The van der Waals surface area contributed by atoms with Gasteiger partial charge in [-0.1, -0.05) is 35.5 Å². The minimum atomic E-state index is 0.685. The van der Waals surface area contributed by atoms with Gasteiger partial charge >= 0.3 is 0 Å². The van der Waals surface area contributed by atoms with Gasteiger partial charge in [0.15, 0.2) is 11.6 Å². The third-order valence-electron chi connectivity index (χ3n) is 5.66. The quantitative estimate of drug-likeness (QED) is 0.712. The van der Waals surface area contributed by atoms with Gasteiger partial charge in [-0.3, -0.25) is 4.90 Å². The maximum absolute atomic E-state index is 5.37. The summed E-state index contributed by atoms with van der Waals surface area (Å²) in [5, 5.41) is 12.9. The number of likely N-dealkylation sites (tertiary alicyclic amines) is 1. The van der Waals surface area contributed by atoms with Crippen LogP contribution in [0.3, 0.4) is 0 Å². The first-order chi connectivity index (χ1) is 13.2. The molecule has 2 saturated heterocycles. The van der Waals surface area contributed by atoms with Crippen molar-refractivity contribution in [3.05, 3.63) is 60.0 Å². The Morgan fingerprint density at radius 2 is 1.74 bits per heavy atom. The first-order valence-corrected chi connectivity index (χ1v) is 9.53. The molecule has 1 aromatic carbocycles. The van der Waals surface area contributed by atoms with Crippen molar-refractivity contribution >= 4 is 5.82 Å². The van der Waals surface area contributed by atoms with Crippen LogP contribution in [0.1, 0.15) is 11.5 Å². The van der Waals surface area contributed by atoms with Crippen LogP contribution in [0, 0.1) is 18.8 Å². The predicted molar refractivity (Wildman–Crippen MR) is 103 cm³/mol. The minimum Gasteiger partial charge on any atom is -0.360 e. The van der Waals surface area contributed by atoms with Gasteiger partial charge in [0.1, 0.15) is 0 Å². The number of aryl methyl sites for hydroxylation is 1. The van der Waals surface area contributed by atoms with Crippen LogP contribution in [0.5, 0.6) is 0 Å². The van der Waals surface area contributed by atoms with E-state index >= 15 is 0 Å². The van der Waals surface area contributed by atoms with E-state index in [1.54, 1.807) is 0 Å². The lowest BCUT2D eigenvalue weighted by molar-refractivity contribution is 0.260. The lowest BCUT2D eigenvalue weighted by atomic mass is 10.0. The van der Waals surface area contributed by atoms with Crippen LogP contribution >= 0.6 is 0 Å². The third-order valence-corrected chi connectivity index (χ3v) is 5.66. The number of anilines is 1. The molecule has 2 aliphatic heterocycles. The summed E-state index contributed by atoms with van der Waals surface area (Å²) in [7, 11) is 0. The van der Waals surface area contributed by atoms with Crippen molar-refractivity contribution in [1.29, 1.82) is 0 Å². The fraction of sp³-hybridized carbons (Fsp3) is 0.381. The molecular formula is C21H23N5O. The number of nitrogens with zero attached hydrogens (tertiary/aromatic N) is 5. The Bertz CT molecular complexity index is 894. The zero-order chi connectivity index (χ0) is 18.2. The molecule has 3 aromatic rings. The van der Waals surface area contributed by atoms with E-state index in [-0.39, 0.29) is 0 Å². The molecule has 0 N–H and O–H groups in total. The van der Waals surface area contributed by atoms with Crippen LogP contribution in [-0.4, -0.2) is 46.4 Å². The maximum Gasteiger partial charge on any atom is 0.151 e. The molecule has 0 saturated carbocycles. The number of fused-ring (bicyclic) bond motifs is 1. The van der Waals surface area contributed by atoms with Crippen LogP contribution in [0.15, 0.2) is 53.1 Å². The van der Waals surface area contributed by atoms with E-state index in [0.717, 1.165) is 61.3 Å². The van der Waals surface area contributed by atoms with Gasteiger partial charge in [0, 0.05) is 37.8 Å². The Balaban J connectivity index is 1.21. The summed E-state index contributed by atoms with van der Waals surface area (Å²) in [6, 6.07) is 16.4. The monoisotopic (exact) mass is 361 g/mol. The number of benzene rings is 1. The van der Waals surface area contributed by atoms with Crippen molar-refractivity contribution in [3.63, 3.8) is 0 Å². The van der Waals surface area contributed by atoms with E-state index in [1.165, 1.54) is 0 Å². The minimum absolute atomic E-state index is 0.685. The Morgan fingerprint density at radius 1 is 0.963 bits per heavy atom. The summed E-state index contributed by atoms with van der Waals surface area (Å²) >= 11 is 0. The lowest BCUT2D eigenvalue weighted by Crippen LogP contribution is -2.29. The van der Waals surface area contributed by atoms with E-state index in [9.17, 15) is 0 Å². The van der Waals surface area contributed by atoms with Gasteiger partial charge in [0.2, 0.25) is 0 Å². The molecule has 2 fully saturated rings. The Morgan fingerprint density at radius 3 is 2.37 bits per heavy atom. The molecule has 0 radical (unpaired) electrons. The number of hydrogen-bond acceptors (Lipinski definition) is 6. The number of rotatable bonds is 4. The van der Waals surface area contributed by atoms with Gasteiger partial charge in [0.25, 0.3) is 0 Å². The summed E-state index contributed by atoms with van der Waals surface area (Å²) in [5.41, 5.74) is 2.98. The molecule has 5 rings (SSSR count). The van der Waals surface area contributed by atoms with Gasteiger partial charge in [-0.2, -0.15) is 0 Å². The summed E-state index contributed by atoms with van der Waals surface area (Å²) in [6.07, 6.45) is 0. The van der Waals surface area contributed by atoms with Crippen molar-refractivity contribution in [2.75, 3.05) is 31.1 Å². The van der Waals surface area contributed by atoms with E-state index in [4.69, 9.17) is 4.52 Å². The highest BCUT2D eigenvalue weighted by Crippen LogP contribution is 2.34. The lowest BCUT2D eigenvalue weighted by Gasteiger charge is -2.21. The zero-order valence-corrected chi connectivity index (χ0v) is 15.5. The summed E-state index contributed by atoms with van der Waals surface area (Å²) < 4.78 is 5.37. The highest BCUT2D eigenvalue weighted by atomic mass is 16.5. The summed E-state index contributed by atoms with van der Waals surface area (Å²) in [5.74, 6) is 3.32. The molecule has 2 aliphatic rings. The third kappa shape index (κ3) is 3.32. The standard InChI is InChI=1S/C21H23N5O/c1-15-9-19(27-24-15)14-25-10-17-12-26(13-18(17)11-25)21-8-7-20(22-23-21)16-5-3-2-4-6-16/h2-9,17-18H,10-14H2,1H3. The van der Waals surface area contributed by atoms with E-state index in [1.807, 2.05) is 31.2 Å². The van der Waals surface area contributed by atoms with Crippen molar-refractivity contribution in [2.45, 2.75) is 13.5 Å². The normalized spacial score (nSPS) is 22.3. The van der Waals surface area contributed by atoms with Crippen molar-refractivity contribution in [1.82, 2.24) is 20.3 Å². The SMILES string of the molecule is Cc1cc(CN2CC3CN(c4ccc(-c5ccccc5)nn4)CC3C2)on1. The van der Waals surface area contributed by atoms with Crippen LogP contribution in [0.25, 0.3) is 11.3 Å². The van der Waals surface area contributed by atoms with Crippen molar-refractivity contribution in [3.8, 4) is 11.3 Å². The van der Waals surface area contributed by atoms with Crippen LogP contribution in [0.2, 0.25) is 0 Å². The van der Waals surface area contributed by atoms with Gasteiger partial charge < -0.3 is 9.42 Å². The molecule has 2 unspecified atom stereocenters. The van der Waals surface area contributed by atoms with Crippen molar-refractivity contribution < 1.29 is 4.52 Å². The van der Waals surface area contributed by atoms with E-state index in [2.05, 4.69) is 49.4 Å². The Kier molecular flexibility index (Phi) is 4.13. The van der Waals surface area contributed by atoms with Crippen LogP contribution < -0.4 is 4.90 Å². The average Bonchev–Trinajstić information content (AvgIpc) is 3.38. The first kappa shape index (κ1) is 16.4. The molecule has 6 heteroatoms. The Hall–Kier alpha value is -2.73. The van der Waals surface area contributed by atoms with Crippen molar-refractivity contribution in [2.24, 2.45) is 11.8 Å². The molecule has 27 heavy (non-hydrogen) atoms. The van der Waals surface area contributed by atoms with Crippen LogP contribution in [0.4, 0.5) is 5.82 Å². The molecule has 4 heterocycles. The predicted octanol–water partition coefficient (Wildman–Crippen LogP) is 3.01. The average molecular weight is 361 g/mol. The van der Waals surface area contributed by atoms with Gasteiger partial charge in [-0.15, -0.1) is 10.2 Å². The molecule has 0 bridgehead atoms. The van der Waals surface area contributed by atoms with Gasteiger partial charge in [0.05, 0.1) is 17.9 Å². The topological polar surface area (TPSA) is 58.3 Å². The summed E-state index contributed by atoms with van der Waals surface area (Å²) in [4.78, 5) is 4.86. The second-order valence-electron chi connectivity index (χ2n) is 7.70. The molecule has 0 amide bonds. The maximum atomic E-state index is 5.37. The highest BCUT2D eigenvalue weighted by Gasteiger charge is 2.40.